The highest BCUT2D eigenvalue weighted by Gasteiger charge is 2.01. The van der Waals surface area contributed by atoms with Gasteiger partial charge in [0, 0.05) is 6.42 Å². The SMILES string of the molecule is CCCCCCCCCCCC(=O)OCC=S(=O)=O. The highest BCUT2D eigenvalue weighted by molar-refractivity contribution is 7.71. The van der Waals surface area contributed by atoms with E-state index in [1.807, 2.05) is 0 Å². The Morgan fingerprint density at radius 1 is 0.947 bits per heavy atom. The summed E-state index contributed by atoms with van der Waals surface area (Å²) in [5, 5.41) is 0.939. The molecule has 5 heteroatoms. The average Bonchev–Trinajstić information content (AvgIpc) is 2.36. The molecule has 0 saturated heterocycles. The van der Waals surface area contributed by atoms with Crippen LogP contribution in [0.1, 0.15) is 71.1 Å². The van der Waals surface area contributed by atoms with E-state index in [9.17, 15) is 13.2 Å². The van der Waals surface area contributed by atoms with Crippen LogP contribution in [-0.4, -0.2) is 26.4 Å². The van der Waals surface area contributed by atoms with Gasteiger partial charge in [-0.3, -0.25) is 4.79 Å². The number of esters is 1. The van der Waals surface area contributed by atoms with Crippen LogP contribution in [0.2, 0.25) is 0 Å². The average molecular weight is 290 g/mol. The minimum Gasteiger partial charge on any atom is -0.460 e. The summed E-state index contributed by atoms with van der Waals surface area (Å²) in [7, 11) is -2.25. The van der Waals surface area contributed by atoms with E-state index in [-0.39, 0.29) is 12.6 Å². The molecule has 4 nitrogen and oxygen atoms in total. The first-order chi connectivity index (χ1) is 9.16. The molecule has 0 atom stereocenters. The van der Waals surface area contributed by atoms with Crippen molar-refractivity contribution in [2.24, 2.45) is 0 Å². The Labute approximate surface area is 118 Å². The van der Waals surface area contributed by atoms with E-state index >= 15 is 0 Å². The van der Waals surface area contributed by atoms with Gasteiger partial charge in [-0.2, -0.15) is 8.42 Å². The molecule has 0 radical (unpaired) electrons. The third-order valence-corrected chi connectivity index (χ3v) is 3.34. The van der Waals surface area contributed by atoms with Gasteiger partial charge in [-0.05, 0) is 6.42 Å². The third-order valence-electron chi connectivity index (χ3n) is 2.93. The summed E-state index contributed by atoms with van der Waals surface area (Å²) in [6, 6.07) is 0. The molecule has 0 unspecified atom stereocenters. The summed E-state index contributed by atoms with van der Waals surface area (Å²) in [5.74, 6) is -0.315. The van der Waals surface area contributed by atoms with Crippen LogP contribution >= 0.6 is 0 Å². The Kier molecular flexibility index (Phi) is 13.0. The van der Waals surface area contributed by atoms with E-state index in [2.05, 4.69) is 6.92 Å². The van der Waals surface area contributed by atoms with Gasteiger partial charge in [-0.1, -0.05) is 58.3 Å². The van der Waals surface area contributed by atoms with E-state index in [0.29, 0.717) is 6.42 Å². The molecule has 0 aliphatic carbocycles. The van der Waals surface area contributed by atoms with Crippen molar-refractivity contribution in [1.82, 2.24) is 0 Å². The van der Waals surface area contributed by atoms with Crippen LogP contribution in [0.15, 0.2) is 0 Å². The Balaban J connectivity index is 3.25. The van der Waals surface area contributed by atoms with Crippen LogP contribution in [0, 0.1) is 0 Å². The van der Waals surface area contributed by atoms with Gasteiger partial charge in [-0.15, -0.1) is 0 Å². The number of carbonyl (C=O) groups is 1. The topological polar surface area (TPSA) is 60.4 Å². The largest absolute Gasteiger partial charge is 0.460 e. The van der Waals surface area contributed by atoms with E-state index in [1.54, 1.807) is 0 Å². The fourth-order valence-corrected chi connectivity index (χ4v) is 2.01. The molecule has 0 spiro atoms. The molecule has 0 saturated carbocycles. The molecule has 0 fully saturated rings. The minimum atomic E-state index is -2.25. The summed E-state index contributed by atoms with van der Waals surface area (Å²) >= 11 is 0. The number of hydrogen-bond acceptors (Lipinski definition) is 4. The standard InChI is InChI=1S/C14H26O4S/c1-2-3-4-5-6-7-8-9-10-11-14(15)18-12-13-19(16)17/h13H,2-12H2,1H3. The molecule has 19 heavy (non-hydrogen) atoms. The lowest BCUT2D eigenvalue weighted by atomic mass is 10.1. The molecule has 0 aromatic carbocycles. The number of hydrogen-bond donors (Lipinski definition) is 0. The first-order valence-corrected chi connectivity index (χ1v) is 8.37. The molecule has 0 rings (SSSR count). The van der Waals surface area contributed by atoms with Crippen molar-refractivity contribution in [3.8, 4) is 0 Å². The smallest absolute Gasteiger partial charge is 0.306 e. The van der Waals surface area contributed by atoms with Crippen molar-refractivity contribution in [3.63, 3.8) is 0 Å². The zero-order valence-corrected chi connectivity index (χ0v) is 12.7. The molecule has 0 amide bonds. The van der Waals surface area contributed by atoms with E-state index in [1.165, 1.54) is 38.5 Å². The van der Waals surface area contributed by atoms with Gasteiger partial charge in [0.05, 0.1) is 5.37 Å². The van der Waals surface area contributed by atoms with Crippen LogP contribution in [0.5, 0.6) is 0 Å². The van der Waals surface area contributed by atoms with Crippen molar-refractivity contribution in [3.05, 3.63) is 0 Å². The summed E-state index contributed by atoms with van der Waals surface area (Å²) in [6.07, 6.45) is 11.2. The Hall–Kier alpha value is -0.840. The van der Waals surface area contributed by atoms with Gasteiger partial charge in [0.15, 0.2) is 0 Å². The van der Waals surface area contributed by atoms with Gasteiger partial charge < -0.3 is 4.74 Å². The zero-order valence-electron chi connectivity index (χ0n) is 11.9. The molecular weight excluding hydrogens is 264 g/mol. The van der Waals surface area contributed by atoms with E-state index in [4.69, 9.17) is 4.74 Å². The van der Waals surface area contributed by atoms with Crippen LogP contribution in [0.3, 0.4) is 0 Å². The first kappa shape index (κ1) is 18.2. The van der Waals surface area contributed by atoms with Crippen molar-refractivity contribution in [1.29, 1.82) is 0 Å². The number of ether oxygens (including phenoxy) is 1. The molecule has 0 aromatic heterocycles. The molecule has 0 aliphatic heterocycles. The van der Waals surface area contributed by atoms with Gasteiger partial charge in [-0.25, -0.2) is 0 Å². The lowest BCUT2D eigenvalue weighted by Gasteiger charge is -2.02. The maximum Gasteiger partial charge on any atom is 0.306 e. The maximum atomic E-state index is 11.2. The minimum absolute atomic E-state index is 0.146. The second kappa shape index (κ2) is 13.6. The molecule has 112 valence electrons. The predicted molar refractivity (Wildman–Crippen MR) is 77.8 cm³/mol. The quantitative estimate of drug-likeness (QED) is 0.315. The van der Waals surface area contributed by atoms with Gasteiger partial charge in [0.1, 0.15) is 6.61 Å². The first-order valence-electron chi connectivity index (χ1n) is 7.23. The summed E-state index contributed by atoms with van der Waals surface area (Å²) in [5.41, 5.74) is 0. The molecule has 0 bridgehead atoms. The van der Waals surface area contributed by atoms with E-state index in [0.717, 1.165) is 24.6 Å². The summed E-state index contributed by atoms with van der Waals surface area (Å²) in [4.78, 5) is 11.2. The number of unbranched alkanes of at least 4 members (excludes halogenated alkanes) is 8. The summed E-state index contributed by atoms with van der Waals surface area (Å²) < 4.78 is 25.1. The predicted octanol–water partition coefficient (Wildman–Crippen LogP) is 3.13. The highest BCUT2D eigenvalue weighted by atomic mass is 32.2. The zero-order chi connectivity index (χ0) is 14.3. The van der Waals surface area contributed by atoms with Crippen molar-refractivity contribution in [2.45, 2.75) is 71.1 Å². The molecule has 0 aliphatic rings. The molecule has 0 heterocycles. The normalized spacial score (nSPS) is 10.2. The van der Waals surface area contributed by atoms with Crippen LogP contribution in [0.4, 0.5) is 0 Å². The highest BCUT2D eigenvalue weighted by Crippen LogP contribution is 2.10. The molecule has 0 N–H and O–H groups in total. The Bertz CT molecular complexity index is 338. The van der Waals surface area contributed by atoms with Crippen LogP contribution < -0.4 is 0 Å². The number of carbonyl (C=O) groups excluding carboxylic acids is 1. The van der Waals surface area contributed by atoms with Crippen molar-refractivity contribution in [2.75, 3.05) is 6.61 Å². The number of rotatable bonds is 12. The van der Waals surface area contributed by atoms with Crippen molar-refractivity contribution >= 4 is 21.6 Å². The van der Waals surface area contributed by atoms with Gasteiger partial charge in [0.25, 0.3) is 0 Å². The lowest BCUT2D eigenvalue weighted by molar-refractivity contribution is -0.141. The van der Waals surface area contributed by atoms with Crippen LogP contribution in [-0.2, 0) is 19.8 Å². The van der Waals surface area contributed by atoms with Crippen LogP contribution in [0.25, 0.3) is 0 Å². The fraction of sp³-hybridized carbons (Fsp3) is 0.857. The van der Waals surface area contributed by atoms with Gasteiger partial charge in [0.2, 0.25) is 10.3 Å². The lowest BCUT2D eigenvalue weighted by Crippen LogP contribution is -2.06. The Morgan fingerprint density at radius 2 is 1.47 bits per heavy atom. The second-order valence-corrected chi connectivity index (χ2v) is 5.54. The maximum absolute atomic E-state index is 11.2. The molecular formula is C14H26O4S. The summed E-state index contributed by atoms with van der Waals surface area (Å²) in [6.45, 7) is 2.07. The van der Waals surface area contributed by atoms with Crippen molar-refractivity contribution < 1.29 is 17.9 Å². The Morgan fingerprint density at radius 3 is 2.00 bits per heavy atom. The fourth-order valence-electron chi connectivity index (χ4n) is 1.83. The van der Waals surface area contributed by atoms with Gasteiger partial charge >= 0.3 is 5.97 Å². The third kappa shape index (κ3) is 15.1. The second-order valence-electron chi connectivity index (χ2n) is 4.69. The molecule has 0 aromatic rings. The van der Waals surface area contributed by atoms with E-state index < -0.39 is 10.3 Å². The monoisotopic (exact) mass is 290 g/mol.